The van der Waals surface area contributed by atoms with Gasteiger partial charge in [0.25, 0.3) is 5.91 Å². The molecule has 3 heterocycles. The molecule has 0 radical (unpaired) electrons. The van der Waals surface area contributed by atoms with Crippen molar-refractivity contribution in [3.05, 3.63) is 65.1 Å². The molecule has 166 valence electrons. The van der Waals surface area contributed by atoms with Crippen molar-refractivity contribution in [2.45, 2.75) is 47.7 Å². The molecule has 7 heteroatoms. The Morgan fingerprint density at radius 1 is 1.09 bits per heavy atom. The van der Waals surface area contributed by atoms with Gasteiger partial charge in [-0.1, -0.05) is 36.8 Å². The average molecular weight is 431 g/mol. The molecule has 1 unspecified atom stereocenters. The number of benzene rings is 1. The highest BCUT2D eigenvalue weighted by molar-refractivity contribution is 6.07. The van der Waals surface area contributed by atoms with Gasteiger partial charge < -0.3 is 5.32 Å². The summed E-state index contributed by atoms with van der Waals surface area (Å²) in [6.07, 6.45) is 1.97. The summed E-state index contributed by atoms with van der Waals surface area (Å²) >= 11 is 0. The second-order valence-electron chi connectivity index (χ2n) is 8.52. The molecule has 0 bridgehead atoms. The summed E-state index contributed by atoms with van der Waals surface area (Å²) in [5.41, 5.74) is 6.11. The van der Waals surface area contributed by atoms with Gasteiger partial charge in [0.15, 0.2) is 5.65 Å². The summed E-state index contributed by atoms with van der Waals surface area (Å²) in [5.74, 6) is 0.139. The van der Waals surface area contributed by atoms with Crippen LogP contribution in [0.5, 0.6) is 0 Å². The number of amides is 1. The first kappa shape index (κ1) is 21.7. The van der Waals surface area contributed by atoms with E-state index < -0.39 is 0 Å². The lowest BCUT2D eigenvalue weighted by Crippen LogP contribution is -2.30. The first-order valence-corrected chi connectivity index (χ1v) is 11.1. The maximum absolute atomic E-state index is 13.3. The van der Waals surface area contributed by atoms with E-state index in [0.29, 0.717) is 18.7 Å². The molecule has 4 aromatic rings. The van der Waals surface area contributed by atoms with E-state index in [2.05, 4.69) is 41.5 Å². The molecule has 3 aromatic heterocycles. The van der Waals surface area contributed by atoms with E-state index in [9.17, 15) is 4.79 Å². The fourth-order valence-corrected chi connectivity index (χ4v) is 3.94. The number of hydrogen-bond donors (Lipinski definition) is 1. The number of pyridine rings is 1. The van der Waals surface area contributed by atoms with Crippen LogP contribution in [-0.2, 0) is 13.1 Å². The van der Waals surface area contributed by atoms with E-state index >= 15 is 0 Å². The van der Waals surface area contributed by atoms with Crippen LogP contribution < -0.4 is 5.32 Å². The number of carbonyl (C=O) groups is 1. The smallest absolute Gasteiger partial charge is 0.252 e. The number of aromatic nitrogens is 5. The highest BCUT2D eigenvalue weighted by atomic mass is 16.1. The van der Waals surface area contributed by atoms with Gasteiger partial charge in [-0.05, 0) is 45.7 Å². The monoisotopic (exact) mass is 430 g/mol. The summed E-state index contributed by atoms with van der Waals surface area (Å²) in [4.78, 5) is 18.2. The van der Waals surface area contributed by atoms with Gasteiger partial charge in [0, 0.05) is 31.4 Å². The molecule has 1 N–H and O–H groups in total. The third-order valence-electron chi connectivity index (χ3n) is 5.65. The van der Waals surface area contributed by atoms with Crippen LogP contribution in [-0.4, -0.2) is 37.0 Å². The minimum Gasteiger partial charge on any atom is -0.352 e. The number of carbonyl (C=O) groups excluding carboxylic acids is 1. The predicted octanol–water partition coefficient (Wildman–Crippen LogP) is 4.31. The van der Waals surface area contributed by atoms with E-state index in [4.69, 9.17) is 4.98 Å². The standard InChI is InChI=1S/C25H30N6O/c1-6-31-24-23(19(5)29-31)21(13-22(27-24)20-9-7-16(2)8-10-20)25(32)26-14-17(3)15-30-12-11-18(4)28-30/h7-13,17H,6,14-15H2,1-5H3,(H,26,32). The molecule has 0 aliphatic heterocycles. The molecule has 4 rings (SSSR count). The fourth-order valence-electron chi connectivity index (χ4n) is 3.94. The van der Waals surface area contributed by atoms with Crippen molar-refractivity contribution in [1.82, 2.24) is 29.9 Å². The molecule has 0 fully saturated rings. The molecule has 0 saturated heterocycles. The Labute approximate surface area is 188 Å². The summed E-state index contributed by atoms with van der Waals surface area (Å²) in [6, 6.07) is 12.1. The van der Waals surface area contributed by atoms with Crippen LogP contribution >= 0.6 is 0 Å². The van der Waals surface area contributed by atoms with Crippen molar-refractivity contribution in [2.75, 3.05) is 6.54 Å². The average Bonchev–Trinajstić information content (AvgIpc) is 3.34. The summed E-state index contributed by atoms with van der Waals surface area (Å²) in [5, 5.41) is 13.0. The molecule has 0 spiro atoms. The quantitative estimate of drug-likeness (QED) is 0.474. The Kier molecular flexibility index (Phi) is 6.08. The second kappa shape index (κ2) is 8.94. The zero-order chi connectivity index (χ0) is 22.8. The van der Waals surface area contributed by atoms with Crippen molar-refractivity contribution >= 4 is 16.9 Å². The Morgan fingerprint density at radius 3 is 2.50 bits per heavy atom. The van der Waals surface area contributed by atoms with Crippen LogP contribution in [0.25, 0.3) is 22.3 Å². The van der Waals surface area contributed by atoms with Crippen molar-refractivity contribution in [3.63, 3.8) is 0 Å². The van der Waals surface area contributed by atoms with Gasteiger partial charge >= 0.3 is 0 Å². The van der Waals surface area contributed by atoms with E-state index in [1.807, 2.05) is 60.6 Å². The van der Waals surface area contributed by atoms with Gasteiger partial charge in [-0.2, -0.15) is 10.2 Å². The maximum Gasteiger partial charge on any atom is 0.252 e. The van der Waals surface area contributed by atoms with Gasteiger partial charge in [-0.3, -0.25) is 9.48 Å². The van der Waals surface area contributed by atoms with E-state index in [1.54, 1.807) is 0 Å². The lowest BCUT2D eigenvalue weighted by molar-refractivity contribution is 0.0948. The third-order valence-corrected chi connectivity index (χ3v) is 5.65. The van der Waals surface area contributed by atoms with Gasteiger partial charge in [-0.15, -0.1) is 0 Å². The Bertz CT molecular complexity index is 1250. The first-order chi connectivity index (χ1) is 15.4. The number of hydrogen-bond acceptors (Lipinski definition) is 4. The highest BCUT2D eigenvalue weighted by Crippen LogP contribution is 2.27. The van der Waals surface area contributed by atoms with Crippen molar-refractivity contribution in [3.8, 4) is 11.3 Å². The third kappa shape index (κ3) is 4.42. The Balaban J connectivity index is 1.64. The highest BCUT2D eigenvalue weighted by Gasteiger charge is 2.20. The van der Waals surface area contributed by atoms with E-state index in [0.717, 1.165) is 40.2 Å². The number of aryl methyl sites for hydroxylation is 4. The summed E-state index contributed by atoms with van der Waals surface area (Å²) < 4.78 is 3.78. The van der Waals surface area contributed by atoms with Crippen LogP contribution in [0.1, 0.15) is 41.2 Å². The Morgan fingerprint density at radius 2 is 1.84 bits per heavy atom. The molecule has 1 aromatic carbocycles. The number of fused-ring (bicyclic) bond motifs is 1. The SMILES string of the molecule is CCn1nc(C)c2c(C(=O)NCC(C)Cn3ccc(C)n3)cc(-c3ccc(C)cc3)nc21. The summed E-state index contributed by atoms with van der Waals surface area (Å²) in [6.45, 7) is 12.1. The lowest BCUT2D eigenvalue weighted by atomic mass is 10.0. The van der Waals surface area contributed by atoms with Crippen molar-refractivity contribution in [1.29, 1.82) is 0 Å². The fraction of sp³-hybridized carbons (Fsp3) is 0.360. The second-order valence-corrected chi connectivity index (χ2v) is 8.52. The van der Waals surface area contributed by atoms with Crippen molar-refractivity contribution < 1.29 is 4.79 Å². The molecule has 0 aliphatic carbocycles. The Hall–Kier alpha value is -3.48. The molecule has 7 nitrogen and oxygen atoms in total. The van der Waals surface area contributed by atoms with Crippen LogP contribution in [0.2, 0.25) is 0 Å². The van der Waals surface area contributed by atoms with Crippen LogP contribution in [0.4, 0.5) is 0 Å². The molecule has 1 amide bonds. The van der Waals surface area contributed by atoms with Crippen molar-refractivity contribution in [2.24, 2.45) is 5.92 Å². The zero-order valence-corrected chi connectivity index (χ0v) is 19.4. The van der Waals surface area contributed by atoms with Gasteiger partial charge in [-0.25, -0.2) is 9.67 Å². The number of nitrogens with zero attached hydrogens (tertiary/aromatic N) is 5. The van der Waals surface area contributed by atoms with Crippen LogP contribution in [0.3, 0.4) is 0 Å². The van der Waals surface area contributed by atoms with E-state index in [1.165, 1.54) is 5.56 Å². The normalized spacial score (nSPS) is 12.3. The molecule has 0 aliphatic rings. The van der Waals surface area contributed by atoms with Crippen LogP contribution in [0, 0.1) is 26.7 Å². The van der Waals surface area contributed by atoms with E-state index in [-0.39, 0.29) is 11.8 Å². The molecular weight excluding hydrogens is 400 g/mol. The number of rotatable bonds is 7. The minimum absolute atomic E-state index is 0.104. The van der Waals surface area contributed by atoms with Gasteiger partial charge in [0.2, 0.25) is 0 Å². The van der Waals surface area contributed by atoms with Gasteiger partial charge in [0.1, 0.15) is 0 Å². The molecule has 0 saturated carbocycles. The molecular formula is C25H30N6O. The maximum atomic E-state index is 13.3. The largest absolute Gasteiger partial charge is 0.352 e. The first-order valence-electron chi connectivity index (χ1n) is 11.1. The van der Waals surface area contributed by atoms with Crippen LogP contribution in [0.15, 0.2) is 42.6 Å². The molecule has 32 heavy (non-hydrogen) atoms. The van der Waals surface area contributed by atoms with Gasteiger partial charge in [0.05, 0.1) is 28.0 Å². The lowest BCUT2D eigenvalue weighted by Gasteiger charge is -2.14. The number of nitrogens with one attached hydrogen (secondary N) is 1. The minimum atomic E-state index is -0.104. The zero-order valence-electron chi connectivity index (χ0n) is 19.4. The topological polar surface area (TPSA) is 77.6 Å². The summed E-state index contributed by atoms with van der Waals surface area (Å²) in [7, 11) is 0. The predicted molar refractivity (Wildman–Crippen MR) is 127 cm³/mol. The molecule has 1 atom stereocenters.